The molecule has 4 saturated carbocycles. The summed E-state index contributed by atoms with van der Waals surface area (Å²) in [5.74, 6) is 1.60. The number of aryl methyl sites for hydroxylation is 1. The van der Waals surface area contributed by atoms with E-state index in [0.29, 0.717) is 41.3 Å². The molecule has 35 heavy (non-hydrogen) atoms. The van der Waals surface area contributed by atoms with Gasteiger partial charge in [0.1, 0.15) is 11.6 Å². The molecule has 7 nitrogen and oxygen atoms in total. The first-order chi connectivity index (χ1) is 16.9. The van der Waals surface area contributed by atoms with Gasteiger partial charge in [0.15, 0.2) is 12.3 Å². The fourth-order valence-electron chi connectivity index (χ4n) is 7.10. The first-order valence-electron chi connectivity index (χ1n) is 12.4. The van der Waals surface area contributed by atoms with E-state index in [1.807, 2.05) is 4.90 Å². The van der Waals surface area contributed by atoms with Crippen molar-refractivity contribution in [3.05, 3.63) is 65.4 Å². The van der Waals surface area contributed by atoms with E-state index < -0.39 is 5.97 Å². The molecule has 0 N–H and O–H groups in total. The highest BCUT2D eigenvalue weighted by Gasteiger charge is 2.54. The number of rotatable bonds is 6. The van der Waals surface area contributed by atoms with Crippen molar-refractivity contribution in [2.24, 2.45) is 17.8 Å². The molecular weight excluding hydrogens is 447 g/mol. The maximum Gasteiger partial charge on any atom is 0.340 e. The summed E-state index contributed by atoms with van der Waals surface area (Å²) < 4.78 is 20.8. The first kappa shape index (κ1) is 22.2. The molecule has 2 heterocycles. The fraction of sp³-hybridized carbons (Fsp3) is 0.481. The lowest BCUT2D eigenvalue weighted by Crippen LogP contribution is -2.61. The molecule has 8 heteroatoms. The number of hydrogen-bond donors (Lipinski definition) is 0. The number of ether oxygens (including phenoxy) is 1. The highest BCUT2D eigenvalue weighted by molar-refractivity contribution is 5.91. The fourth-order valence-corrected chi connectivity index (χ4v) is 7.10. The zero-order valence-corrected chi connectivity index (χ0v) is 19.8. The molecule has 4 fully saturated rings. The number of pyridine rings is 1. The largest absolute Gasteiger partial charge is 0.452 e. The first-order valence-corrected chi connectivity index (χ1v) is 12.4. The molecule has 0 radical (unpaired) electrons. The van der Waals surface area contributed by atoms with Crippen molar-refractivity contribution in [3.8, 4) is 0 Å². The molecule has 1 aromatic carbocycles. The Morgan fingerprint density at radius 1 is 1.03 bits per heavy atom. The summed E-state index contributed by atoms with van der Waals surface area (Å²) in [7, 11) is 0. The Morgan fingerprint density at radius 2 is 1.69 bits per heavy atom. The van der Waals surface area contributed by atoms with Crippen molar-refractivity contribution in [1.82, 2.24) is 19.5 Å². The zero-order valence-electron chi connectivity index (χ0n) is 19.8. The number of fused-ring (bicyclic) bond motifs is 1. The van der Waals surface area contributed by atoms with Gasteiger partial charge < -0.3 is 9.64 Å². The quantitative estimate of drug-likeness (QED) is 0.495. The summed E-state index contributed by atoms with van der Waals surface area (Å²) in [4.78, 5) is 28.4. The van der Waals surface area contributed by atoms with E-state index >= 15 is 0 Å². The molecule has 4 aliphatic rings. The molecule has 2 aromatic heterocycles. The van der Waals surface area contributed by atoms with Gasteiger partial charge in [0.05, 0.1) is 5.56 Å². The topological polar surface area (TPSA) is 76.8 Å². The summed E-state index contributed by atoms with van der Waals surface area (Å²) >= 11 is 0. The van der Waals surface area contributed by atoms with Crippen molar-refractivity contribution < 1.29 is 18.7 Å². The number of aromatic nitrogens is 3. The van der Waals surface area contributed by atoms with Crippen LogP contribution in [0.4, 0.5) is 4.39 Å². The van der Waals surface area contributed by atoms with Crippen LogP contribution in [0.1, 0.15) is 60.3 Å². The number of carbonyl (C=O) groups excluding carboxylic acids is 2. The van der Waals surface area contributed by atoms with Gasteiger partial charge in [0, 0.05) is 18.3 Å². The molecule has 4 aliphatic carbocycles. The average molecular weight is 477 g/mol. The molecular formula is C27H29FN4O3. The molecule has 4 bridgehead atoms. The summed E-state index contributed by atoms with van der Waals surface area (Å²) in [6.07, 6.45) is 8.43. The monoisotopic (exact) mass is 476 g/mol. The third kappa shape index (κ3) is 4.09. The van der Waals surface area contributed by atoms with E-state index in [-0.39, 0.29) is 23.9 Å². The second-order valence-corrected chi connectivity index (χ2v) is 10.7. The van der Waals surface area contributed by atoms with Gasteiger partial charge in [-0.3, -0.25) is 9.20 Å². The van der Waals surface area contributed by atoms with Crippen LogP contribution in [0.5, 0.6) is 0 Å². The van der Waals surface area contributed by atoms with Crippen LogP contribution in [0, 0.1) is 30.5 Å². The SMILES string of the molecule is Cc1nnc2ccc(C(=O)OCC(=O)N(Cc3ccc(F)cc3)C34CC5CC(CC(C5)C3)C4)cn12. The predicted molar refractivity (Wildman–Crippen MR) is 126 cm³/mol. The van der Waals surface area contributed by atoms with Gasteiger partial charge in [-0.1, -0.05) is 12.1 Å². The third-order valence-electron chi connectivity index (χ3n) is 8.27. The molecule has 0 atom stereocenters. The number of esters is 1. The average Bonchev–Trinajstić information content (AvgIpc) is 3.21. The zero-order chi connectivity index (χ0) is 24.2. The number of benzene rings is 1. The number of nitrogens with zero attached hydrogens (tertiary/aromatic N) is 4. The third-order valence-corrected chi connectivity index (χ3v) is 8.27. The van der Waals surface area contributed by atoms with Crippen molar-refractivity contribution in [1.29, 1.82) is 0 Å². The molecule has 0 unspecified atom stereocenters. The van der Waals surface area contributed by atoms with E-state index in [0.717, 1.165) is 24.8 Å². The van der Waals surface area contributed by atoms with E-state index in [2.05, 4.69) is 10.2 Å². The van der Waals surface area contributed by atoms with Gasteiger partial charge in [-0.25, -0.2) is 9.18 Å². The highest BCUT2D eigenvalue weighted by atomic mass is 19.1. The van der Waals surface area contributed by atoms with Crippen LogP contribution in [0.2, 0.25) is 0 Å². The van der Waals surface area contributed by atoms with Crippen LogP contribution in [-0.2, 0) is 16.1 Å². The van der Waals surface area contributed by atoms with Crippen LogP contribution in [0.15, 0.2) is 42.6 Å². The van der Waals surface area contributed by atoms with Gasteiger partial charge in [-0.2, -0.15) is 0 Å². The lowest BCUT2D eigenvalue weighted by atomic mass is 9.52. The van der Waals surface area contributed by atoms with Gasteiger partial charge in [-0.05, 0) is 93.0 Å². The minimum Gasteiger partial charge on any atom is -0.452 e. The van der Waals surface area contributed by atoms with Crippen LogP contribution in [0.3, 0.4) is 0 Å². The van der Waals surface area contributed by atoms with Crippen molar-refractivity contribution >= 4 is 17.5 Å². The van der Waals surface area contributed by atoms with E-state index in [1.54, 1.807) is 41.8 Å². The Hall–Kier alpha value is -3.29. The predicted octanol–water partition coefficient (Wildman–Crippen LogP) is 4.33. The normalized spacial score (nSPS) is 26.7. The molecule has 3 aromatic rings. The Kier molecular flexibility index (Phi) is 5.34. The van der Waals surface area contributed by atoms with Crippen LogP contribution in [0.25, 0.3) is 5.65 Å². The van der Waals surface area contributed by atoms with Gasteiger partial charge >= 0.3 is 5.97 Å². The minimum atomic E-state index is -0.555. The smallest absolute Gasteiger partial charge is 0.340 e. The number of halogens is 1. The van der Waals surface area contributed by atoms with Gasteiger partial charge in [0.25, 0.3) is 5.91 Å². The van der Waals surface area contributed by atoms with Crippen molar-refractivity contribution in [2.45, 2.75) is 57.5 Å². The molecule has 182 valence electrons. The van der Waals surface area contributed by atoms with E-state index in [4.69, 9.17) is 4.74 Å². The maximum atomic E-state index is 13.6. The van der Waals surface area contributed by atoms with E-state index in [1.165, 1.54) is 31.4 Å². The second kappa shape index (κ2) is 8.43. The van der Waals surface area contributed by atoms with Crippen LogP contribution >= 0.6 is 0 Å². The number of carbonyl (C=O) groups is 2. The van der Waals surface area contributed by atoms with Crippen LogP contribution in [-0.4, -0.2) is 43.5 Å². The number of amides is 1. The Bertz CT molecular complexity index is 1250. The van der Waals surface area contributed by atoms with Gasteiger partial charge in [-0.15, -0.1) is 10.2 Å². The Labute approximate surface area is 203 Å². The molecule has 0 saturated heterocycles. The highest BCUT2D eigenvalue weighted by Crippen LogP contribution is 2.58. The molecule has 7 rings (SSSR count). The standard InChI is InChI=1S/C27H29FN4O3/c1-17-29-30-24-7-4-22(15-31(17)24)26(34)35-16-25(33)32(14-18-2-5-23(28)6-3-18)27-11-19-8-20(12-27)10-21(9-19)13-27/h2-7,15,19-21H,8-14,16H2,1H3. The second-order valence-electron chi connectivity index (χ2n) is 10.7. The summed E-state index contributed by atoms with van der Waals surface area (Å²) in [6, 6.07) is 9.67. The molecule has 1 amide bonds. The number of hydrogen-bond acceptors (Lipinski definition) is 5. The minimum absolute atomic E-state index is 0.189. The van der Waals surface area contributed by atoms with Gasteiger partial charge in [0.2, 0.25) is 0 Å². The van der Waals surface area contributed by atoms with Crippen molar-refractivity contribution in [2.75, 3.05) is 6.61 Å². The maximum absolute atomic E-state index is 13.6. The lowest BCUT2D eigenvalue weighted by Gasteiger charge is -2.60. The lowest BCUT2D eigenvalue weighted by molar-refractivity contribution is -0.155. The summed E-state index contributed by atoms with van der Waals surface area (Å²) in [6.45, 7) is 1.88. The Balaban J connectivity index is 1.22. The van der Waals surface area contributed by atoms with Crippen molar-refractivity contribution in [3.63, 3.8) is 0 Å². The molecule has 0 spiro atoms. The summed E-state index contributed by atoms with van der Waals surface area (Å²) in [5, 5.41) is 8.03. The Morgan fingerprint density at radius 3 is 2.34 bits per heavy atom. The van der Waals surface area contributed by atoms with E-state index in [9.17, 15) is 14.0 Å². The molecule has 0 aliphatic heterocycles. The summed E-state index contributed by atoms with van der Waals surface area (Å²) in [5.41, 5.74) is 1.66. The van der Waals surface area contributed by atoms with Crippen LogP contribution < -0.4 is 0 Å².